The van der Waals surface area contributed by atoms with Crippen molar-refractivity contribution >= 4 is 49.4 Å². The third-order valence-corrected chi connectivity index (χ3v) is 8.35. The van der Waals surface area contributed by atoms with E-state index in [2.05, 4.69) is 38.4 Å². The summed E-state index contributed by atoms with van der Waals surface area (Å²) >= 11 is 1.59. The fraction of sp³-hybridized carbons (Fsp3) is 0.375. The number of aromatic nitrogens is 2. The number of carbonyl (C=O) groups is 1. The van der Waals surface area contributed by atoms with Crippen LogP contribution in [0.3, 0.4) is 0 Å². The predicted octanol–water partition coefficient (Wildman–Crippen LogP) is 4.38. The highest BCUT2D eigenvalue weighted by atomic mass is 32.1. The van der Waals surface area contributed by atoms with Crippen molar-refractivity contribution in [2.45, 2.75) is 37.9 Å². The lowest BCUT2D eigenvalue weighted by Gasteiger charge is -2.43. The second-order valence-corrected chi connectivity index (χ2v) is 10.4. The summed E-state index contributed by atoms with van der Waals surface area (Å²) in [6.45, 7) is 4.22. The molecule has 3 aliphatic rings. The standard InChI is InChI=1S/C24H23N5O2S/c1-14(30)28-11-18-8-16-10-24(16,13-28)29(18)12-19-7-15-4-5-17(9-20(15)31-19)26-23-27-22-21(32-23)3-2-6-25-22/h2-7,9,16,18H,8,10-13H2,1H3,(H,25,26,27)/t16?,18-,24?/m0/s1. The van der Waals surface area contributed by atoms with Crippen molar-refractivity contribution in [2.24, 2.45) is 5.92 Å². The smallest absolute Gasteiger partial charge is 0.219 e. The van der Waals surface area contributed by atoms with Crippen molar-refractivity contribution < 1.29 is 9.21 Å². The summed E-state index contributed by atoms with van der Waals surface area (Å²) in [7, 11) is 0. The van der Waals surface area contributed by atoms with E-state index >= 15 is 0 Å². The number of carbonyl (C=O) groups excluding carboxylic acids is 1. The number of likely N-dealkylation sites (tertiary alicyclic amines) is 1. The molecule has 8 heteroatoms. The first-order valence-corrected chi connectivity index (χ1v) is 11.9. The normalized spacial score (nSPS) is 26.6. The van der Waals surface area contributed by atoms with Gasteiger partial charge in [0.05, 0.1) is 11.2 Å². The molecule has 3 aromatic heterocycles. The lowest BCUT2D eigenvalue weighted by Crippen LogP contribution is -2.57. The van der Waals surface area contributed by atoms with E-state index in [-0.39, 0.29) is 11.4 Å². The molecule has 1 spiro atoms. The van der Waals surface area contributed by atoms with Gasteiger partial charge >= 0.3 is 0 Å². The molecule has 2 aliphatic heterocycles. The summed E-state index contributed by atoms with van der Waals surface area (Å²) in [5.41, 5.74) is 2.78. The molecule has 1 amide bonds. The Morgan fingerprint density at radius 2 is 2.28 bits per heavy atom. The molecule has 1 N–H and O–H groups in total. The van der Waals surface area contributed by atoms with Crippen LogP contribution in [0.15, 0.2) is 47.0 Å². The molecule has 2 saturated heterocycles. The van der Waals surface area contributed by atoms with Crippen LogP contribution in [0.5, 0.6) is 0 Å². The van der Waals surface area contributed by atoms with E-state index in [0.717, 1.165) is 63.4 Å². The number of anilines is 2. The van der Waals surface area contributed by atoms with Crippen LogP contribution in [-0.2, 0) is 11.3 Å². The zero-order valence-electron chi connectivity index (χ0n) is 17.7. The van der Waals surface area contributed by atoms with Crippen molar-refractivity contribution in [1.29, 1.82) is 0 Å². The molecule has 3 atom stereocenters. The van der Waals surface area contributed by atoms with Gasteiger partial charge in [-0.15, -0.1) is 0 Å². The molecular weight excluding hydrogens is 422 g/mol. The van der Waals surface area contributed by atoms with Crippen molar-refractivity contribution in [1.82, 2.24) is 19.8 Å². The van der Waals surface area contributed by atoms with Crippen LogP contribution in [0, 0.1) is 5.92 Å². The monoisotopic (exact) mass is 445 g/mol. The molecule has 1 saturated carbocycles. The number of pyridine rings is 1. The van der Waals surface area contributed by atoms with E-state index < -0.39 is 0 Å². The minimum atomic E-state index is 0.182. The highest BCUT2D eigenvalue weighted by molar-refractivity contribution is 7.22. The minimum absolute atomic E-state index is 0.182. The molecule has 1 aromatic carbocycles. The number of thiazole rings is 1. The number of benzene rings is 1. The number of hydrogen-bond acceptors (Lipinski definition) is 7. The number of nitrogens with zero attached hydrogens (tertiary/aromatic N) is 4. The zero-order valence-corrected chi connectivity index (χ0v) is 18.6. The topological polar surface area (TPSA) is 74.5 Å². The number of hydrogen-bond donors (Lipinski definition) is 1. The summed E-state index contributed by atoms with van der Waals surface area (Å²) in [6, 6.07) is 12.8. The van der Waals surface area contributed by atoms with E-state index in [4.69, 9.17) is 4.42 Å². The molecule has 0 radical (unpaired) electrons. The molecular formula is C24H23N5O2S. The van der Waals surface area contributed by atoms with Gasteiger partial charge in [-0.1, -0.05) is 11.3 Å². The number of amides is 1. The Morgan fingerprint density at radius 1 is 1.34 bits per heavy atom. The molecule has 162 valence electrons. The Kier molecular flexibility index (Phi) is 3.79. The Morgan fingerprint density at radius 3 is 3.12 bits per heavy atom. The lowest BCUT2D eigenvalue weighted by atomic mass is 10.1. The number of piperazine rings is 1. The first-order chi connectivity index (χ1) is 15.6. The number of furan rings is 1. The maximum Gasteiger partial charge on any atom is 0.219 e. The number of piperidine rings is 1. The fourth-order valence-corrected chi connectivity index (χ4v) is 6.68. The molecule has 2 unspecified atom stereocenters. The largest absolute Gasteiger partial charge is 0.460 e. The SMILES string of the molecule is CC(=O)N1C[C@@H]2CC3CC3(C1)N2Cc1cc2ccc(Nc3nc4ncccc4s3)cc2o1. The molecule has 1 aliphatic carbocycles. The van der Waals surface area contributed by atoms with E-state index in [1.165, 1.54) is 12.8 Å². The quantitative estimate of drug-likeness (QED) is 0.503. The van der Waals surface area contributed by atoms with Gasteiger partial charge in [0.15, 0.2) is 10.8 Å². The lowest BCUT2D eigenvalue weighted by molar-refractivity contribution is -0.133. The summed E-state index contributed by atoms with van der Waals surface area (Å²) < 4.78 is 7.34. The second-order valence-electron chi connectivity index (χ2n) is 9.36. The molecule has 32 heavy (non-hydrogen) atoms. The van der Waals surface area contributed by atoms with Gasteiger partial charge in [-0.3, -0.25) is 9.69 Å². The van der Waals surface area contributed by atoms with Crippen LogP contribution < -0.4 is 5.32 Å². The van der Waals surface area contributed by atoms with Gasteiger partial charge in [-0.2, -0.15) is 4.98 Å². The fourth-order valence-electron chi connectivity index (χ4n) is 5.83. The van der Waals surface area contributed by atoms with Crippen LogP contribution >= 0.6 is 11.3 Å². The van der Waals surface area contributed by atoms with E-state index in [1.54, 1.807) is 24.5 Å². The number of rotatable bonds is 4. The van der Waals surface area contributed by atoms with Gasteiger partial charge in [0.1, 0.15) is 11.3 Å². The zero-order chi connectivity index (χ0) is 21.4. The minimum Gasteiger partial charge on any atom is -0.460 e. The third-order valence-electron chi connectivity index (χ3n) is 7.42. The predicted molar refractivity (Wildman–Crippen MR) is 124 cm³/mol. The highest BCUT2D eigenvalue weighted by Crippen LogP contribution is 2.61. The Bertz CT molecular complexity index is 1350. The van der Waals surface area contributed by atoms with Gasteiger partial charge in [0.25, 0.3) is 0 Å². The maximum atomic E-state index is 12.0. The molecule has 2 bridgehead atoms. The first kappa shape index (κ1) is 18.6. The van der Waals surface area contributed by atoms with Gasteiger partial charge < -0.3 is 14.6 Å². The van der Waals surface area contributed by atoms with Crippen LogP contribution in [0.2, 0.25) is 0 Å². The van der Waals surface area contributed by atoms with E-state index in [1.807, 2.05) is 23.1 Å². The van der Waals surface area contributed by atoms with E-state index in [9.17, 15) is 4.79 Å². The van der Waals surface area contributed by atoms with Crippen LogP contribution in [-0.4, -0.2) is 50.3 Å². The van der Waals surface area contributed by atoms with Crippen molar-refractivity contribution in [3.63, 3.8) is 0 Å². The summed E-state index contributed by atoms with van der Waals surface area (Å²) in [4.78, 5) is 25.5. The maximum absolute atomic E-state index is 12.0. The van der Waals surface area contributed by atoms with Gasteiger partial charge in [-0.05, 0) is 49.1 Å². The van der Waals surface area contributed by atoms with Crippen LogP contribution in [0.4, 0.5) is 10.8 Å². The molecule has 3 fully saturated rings. The van der Waals surface area contributed by atoms with Crippen LogP contribution in [0.1, 0.15) is 25.5 Å². The molecule has 5 heterocycles. The first-order valence-electron chi connectivity index (χ1n) is 11.1. The Hall–Kier alpha value is -2.97. The highest BCUT2D eigenvalue weighted by Gasteiger charge is 2.68. The van der Waals surface area contributed by atoms with Crippen LogP contribution in [0.25, 0.3) is 21.3 Å². The van der Waals surface area contributed by atoms with Gasteiger partial charge in [0, 0.05) is 54.9 Å². The average Bonchev–Trinajstić information content (AvgIpc) is 3.04. The molecule has 7 rings (SSSR count). The van der Waals surface area contributed by atoms with Crippen molar-refractivity contribution in [3.8, 4) is 0 Å². The molecule has 4 aromatic rings. The Labute approximate surface area is 189 Å². The number of fused-ring (bicyclic) bond motifs is 3. The number of nitrogens with one attached hydrogen (secondary N) is 1. The van der Waals surface area contributed by atoms with Crippen molar-refractivity contribution in [3.05, 3.63) is 48.4 Å². The third kappa shape index (κ3) is 2.79. The summed E-state index contributed by atoms with van der Waals surface area (Å²) in [5, 5.41) is 5.32. The molecule has 7 nitrogen and oxygen atoms in total. The Balaban J connectivity index is 1.12. The van der Waals surface area contributed by atoms with Gasteiger partial charge in [0.2, 0.25) is 5.91 Å². The summed E-state index contributed by atoms with van der Waals surface area (Å²) in [5.74, 6) is 1.93. The van der Waals surface area contributed by atoms with Gasteiger partial charge in [-0.25, -0.2) is 4.98 Å². The van der Waals surface area contributed by atoms with Crippen molar-refractivity contribution in [2.75, 3.05) is 18.4 Å². The summed E-state index contributed by atoms with van der Waals surface area (Å²) in [6.07, 6.45) is 4.17. The second kappa shape index (κ2) is 6.52. The van der Waals surface area contributed by atoms with E-state index in [0.29, 0.717) is 6.04 Å². The average molecular weight is 446 g/mol.